The predicted molar refractivity (Wildman–Crippen MR) is 109 cm³/mol. The lowest BCUT2D eigenvalue weighted by Gasteiger charge is -2.18. The molecule has 2 amide bonds. The minimum Gasteiger partial charge on any atom is -0.483 e. The Morgan fingerprint density at radius 3 is 2.11 bits per heavy atom. The van der Waals surface area contributed by atoms with E-state index in [0.29, 0.717) is 35.1 Å². The Bertz CT molecular complexity index is 792. The van der Waals surface area contributed by atoms with Gasteiger partial charge < -0.3 is 15.0 Å². The Kier molecular flexibility index (Phi) is 7.25. The van der Waals surface area contributed by atoms with Gasteiger partial charge in [-0.1, -0.05) is 11.6 Å². The van der Waals surface area contributed by atoms with Gasteiger partial charge in [0.05, 0.1) is 0 Å². The number of rotatable bonds is 7. The monoisotopic (exact) mass is 388 g/mol. The average molecular weight is 389 g/mol. The van der Waals surface area contributed by atoms with Gasteiger partial charge in [-0.15, -0.1) is 0 Å². The van der Waals surface area contributed by atoms with Gasteiger partial charge in [-0.2, -0.15) is 0 Å². The molecule has 0 unspecified atom stereocenters. The zero-order valence-electron chi connectivity index (χ0n) is 16.1. The van der Waals surface area contributed by atoms with Crippen molar-refractivity contribution in [3.8, 4) is 5.75 Å². The van der Waals surface area contributed by atoms with Crippen LogP contribution in [0, 0.1) is 13.8 Å². The van der Waals surface area contributed by atoms with Crippen molar-refractivity contribution >= 4 is 29.1 Å². The Balaban J connectivity index is 1.96. The Morgan fingerprint density at radius 1 is 1.04 bits per heavy atom. The van der Waals surface area contributed by atoms with Crippen LogP contribution in [0.4, 0.5) is 5.69 Å². The van der Waals surface area contributed by atoms with Gasteiger partial charge in [0.25, 0.3) is 11.8 Å². The number of halogens is 1. The molecule has 0 atom stereocenters. The summed E-state index contributed by atoms with van der Waals surface area (Å²) in [6.45, 7) is 8.88. The molecule has 0 aliphatic carbocycles. The number of benzene rings is 2. The van der Waals surface area contributed by atoms with Crippen LogP contribution < -0.4 is 10.1 Å². The molecule has 0 spiro atoms. The van der Waals surface area contributed by atoms with Crippen molar-refractivity contribution in [3.63, 3.8) is 0 Å². The lowest BCUT2D eigenvalue weighted by molar-refractivity contribution is -0.118. The molecule has 0 saturated heterocycles. The van der Waals surface area contributed by atoms with E-state index in [1.165, 1.54) is 0 Å². The fraction of sp³-hybridized carbons (Fsp3) is 0.333. The van der Waals surface area contributed by atoms with Crippen LogP contribution >= 0.6 is 11.6 Å². The van der Waals surface area contributed by atoms with Crippen molar-refractivity contribution in [2.24, 2.45) is 0 Å². The van der Waals surface area contributed by atoms with Gasteiger partial charge in [0, 0.05) is 29.4 Å². The molecule has 0 aromatic heterocycles. The first kappa shape index (κ1) is 20.8. The summed E-state index contributed by atoms with van der Waals surface area (Å²) >= 11 is 6.00. The number of hydrogen-bond donors (Lipinski definition) is 1. The molecule has 27 heavy (non-hydrogen) atoms. The number of nitrogens with zero attached hydrogens (tertiary/aromatic N) is 1. The van der Waals surface area contributed by atoms with E-state index in [2.05, 4.69) is 5.32 Å². The summed E-state index contributed by atoms with van der Waals surface area (Å²) in [4.78, 5) is 26.2. The van der Waals surface area contributed by atoms with Gasteiger partial charge >= 0.3 is 0 Å². The minimum absolute atomic E-state index is 0.0186. The summed E-state index contributed by atoms with van der Waals surface area (Å²) < 4.78 is 5.65. The van der Waals surface area contributed by atoms with Crippen LogP contribution in [0.2, 0.25) is 5.02 Å². The Labute approximate surface area is 165 Å². The van der Waals surface area contributed by atoms with Crippen molar-refractivity contribution in [2.45, 2.75) is 27.7 Å². The average Bonchev–Trinajstić information content (AvgIpc) is 2.62. The summed E-state index contributed by atoms with van der Waals surface area (Å²) in [5, 5.41) is 3.41. The summed E-state index contributed by atoms with van der Waals surface area (Å²) in [5.74, 6) is 0.371. The summed E-state index contributed by atoms with van der Waals surface area (Å²) in [6, 6.07) is 10.5. The van der Waals surface area contributed by atoms with E-state index in [4.69, 9.17) is 16.3 Å². The van der Waals surface area contributed by atoms with E-state index in [0.717, 1.165) is 11.1 Å². The smallest absolute Gasteiger partial charge is 0.262 e. The summed E-state index contributed by atoms with van der Waals surface area (Å²) in [7, 11) is 0. The largest absolute Gasteiger partial charge is 0.483 e. The quantitative estimate of drug-likeness (QED) is 0.761. The Hall–Kier alpha value is -2.53. The summed E-state index contributed by atoms with van der Waals surface area (Å²) in [6.07, 6.45) is 0. The van der Waals surface area contributed by atoms with Gasteiger partial charge in [-0.3, -0.25) is 9.59 Å². The van der Waals surface area contributed by atoms with Gasteiger partial charge in [-0.05, 0) is 75.2 Å². The van der Waals surface area contributed by atoms with Crippen LogP contribution in [0.3, 0.4) is 0 Å². The van der Waals surface area contributed by atoms with Crippen molar-refractivity contribution in [2.75, 3.05) is 25.0 Å². The second-order valence-electron chi connectivity index (χ2n) is 6.26. The molecule has 144 valence electrons. The van der Waals surface area contributed by atoms with E-state index >= 15 is 0 Å². The van der Waals surface area contributed by atoms with Crippen molar-refractivity contribution < 1.29 is 14.3 Å². The molecule has 0 heterocycles. The molecule has 0 aliphatic rings. The number of aryl methyl sites for hydroxylation is 2. The Morgan fingerprint density at radius 2 is 1.59 bits per heavy atom. The zero-order chi connectivity index (χ0) is 20.0. The maximum atomic E-state index is 12.3. The highest BCUT2D eigenvalue weighted by atomic mass is 35.5. The molecular weight excluding hydrogens is 364 g/mol. The predicted octanol–water partition coefficient (Wildman–Crippen LogP) is 4.46. The van der Waals surface area contributed by atoms with E-state index in [-0.39, 0.29) is 18.4 Å². The molecule has 0 aliphatic heterocycles. The molecule has 0 radical (unpaired) electrons. The molecule has 1 N–H and O–H groups in total. The summed E-state index contributed by atoms with van der Waals surface area (Å²) in [5.41, 5.74) is 2.98. The van der Waals surface area contributed by atoms with Gasteiger partial charge in [0.2, 0.25) is 0 Å². The number of anilines is 1. The number of hydrogen-bond acceptors (Lipinski definition) is 3. The number of amides is 2. The van der Waals surface area contributed by atoms with E-state index in [1.54, 1.807) is 41.3 Å². The highest BCUT2D eigenvalue weighted by molar-refractivity contribution is 6.30. The van der Waals surface area contributed by atoms with Crippen LogP contribution in [-0.4, -0.2) is 36.4 Å². The molecule has 0 fully saturated rings. The highest BCUT2D eigenvalue weighted by Crippen LogP contribution is 2.27. The number of ether oxygens (including phenoxy) is 1. The number of carbonyl (C=O) groups is 2. The topological polar surface area (TPSA) is 58.6 Å². The molecule has 2 aromatic carbocycles. The van der Waals surface area contributed by atoms with Crippen molar-refractivity contribution in [1.29, 1.82) is 0 Å². The lowest BCUT2D eigenvalue weighted by atomic mass is 10.1. The van der Waals surface area contributed by atoms with Gasteiger partial charge in [-0.25, -0.2) is 0 Å². The molecule has 2 aromatic rings. The van der Waals surface area contributed by atoms with Gasteiger partial charge in [0.1, 0.15) is 5.75 Å². The number of carbonyl (C=O) groups excluding carboxylic acids is 2. The zero-order valence-corrected chi connectivity index (χ0v) is 16.9. The fourth-order valence-corrected chi connectivity index (χ4v) is 3.18. The maximum Gasteiger partial charge on any atom is 0.262 e. The SMILES string of the molecule is CCN(CC)C(=O)c1ccc(NC(=O)COc2c(C)cc(Cl)cc2C)cc1. The second kappa shape index (κ2) is 9.42. The minimum atomic E-state index is -0.272. The van der Waals surface area contributed by atoms with Crippen LogP contribution in [0.1, 0.15) is 35.3 Å². The number of nitrogens with one attached hydrogen (secondary N) is 1. The standard InChI is InChI=1S/C21H25ClN2O3/c1-5-24(6-2)21(26)16-7-9-18(10-8-16)23-19(25)13-27-20-14(3)11-17(22)12-15(20)4/h7-12H,5-6,13H2,1-4H3,(H,23,25). The third-order valence-corrected chi connectivity index (χ3v) is 4.46. The van der Waals surface area contributed by atoms with Crippen LogP contribution in [0.25, 0.3) is 0 Å². The second-order valence-corrected chi connectivity index (χ2v) is 6.70. The maximum absolute atomic E-state index is 12.3. The first-order valence-electron chi connectivity index (χ1n) is 8.94. The van der Waals surface area contributed by atoms with E-state index in [1.807, 2.05) is 27.7 Å². The van der Waals surface area contributed by atoms with Crippen molar-refractivity contribution in [3.05, 3.63) is 58.1 Å². The molecule has 2 rings (SSSR count). The molecule has 0 saturated carbocycles. The van der Waals surface area contributed by atoms with Crippen LogP contribution in [0.15, 0.2) is 36.4 Å². The third-order valence-electron chi connectivity index (χ3n) is 4.24. The third kappa shape index (κ3) is 5.47. The fourth-order valence-electron chi connectivity index (χ4n) is 2.85. The molecule has 0 bridgehead atoms. The van der Waals surface area contributed by atoms with Gasteiger partial charge in [0.15, 0.2) is 6.61 Å². The lowest BCUT2D eigenvalue weighted by Crippen LogP contribution is -2.30. The highest BCUT2D eigenvalue weighted by Gasteiger charge is 2.13. The first-order chi connectivity index (χ1) is 12.8. The normalized spacial score (nSPS) is 10.4. The molecule has 5 nitrogen and oxygen atoms in total. The van der Waals surface area contributed by atoms with Crippen LogP contribution in [-0.2, 0) is 4.79 Å². The van der Waals surface area contributed by atoms with E-state index in [9.17, 15) is 9.59 Å². The first-order valence-corrected chi connectivity index (χ1v) is 9.32. The molecular formula is C21H25ClN2O3. The molecule has 6 heteroatoms. The van der Waals surface area contributed by atoms with Crippen LogP contribution in [0.5, 0.6) is 5.75 Å². The van der Waals surface area contributed by atoms with E-state index < -0.39 is 0 Å². The van der Waals surface area contributed by atoms with Crippen molar-refractivity contribution in [1.82, 2.24) is 4.90 Å².